The lowest BCUT2D eigenvalue weighted by Gasteiger charge is -2.35. The number of methoxy groups -OCH3 is 2. The Hall–Kier alpha value is -6.91. The highest BCUT2D eigenvalue weighted by molar-refractivity contribution is 6.05. The molecule has 2 aliphatic rings. The number of anilines is 2. The maximum absolute atomic E-state index is 13.1. The number of benzene rings is 2. The molecule has 17 heteroatoms. The Morgan fingerprint density at radius 2 is 1.07 bits per heavy atom. The quantitative estimate of drug-likeness (QED) is 0.242. The van der Waals surface area contributed by atoms with E-state index in [2.05, 4.69) is 35.2 Å². The third-order valence-electron chi connectivity index (χ3n) is 9.89. The molecule has 6 aromatic rings. The van der Waals surface area contributed by atoms with Crippen molar-refractivity contribution in [2.24, 2.45) is 14.1 Å². The van der Waals surface area contributed by atoms with Gasteiger partial charge in [0.05, 0.1) is 36.9 Å². The maximum Gasteiger partial charge on any atom is 0.275 e. The number of ether oxygens (including phenoxy) is 2. The Kier molecular flexibility index (Phi) is 10.8. The number of aromatic nitrogens is 7. The minimum atomic E-state index is -0.212. The molecule has 0 N–H and O–H groups in total. The van der Waals surface area contributed by atoms with Crippen LogP contribution in [0.5, 0.6) is 11.8 Å². The van der Waals surface area contributed by atoms with Crippen molar-refractivity contribution in [2.75, 3.05) is 76.4 Å². The van der Waals surface area contributed by atoms with E-state index in [0.29, 0.717) is 97.1 Å². The van der Waals surface area contributed by atoms with Gasteiger partial charge < -0.3 is 29.1 Å². The zero-order valence-electron chi connectivity index (χ0n) is 31.5. The van der Waals surface area contributed by atoms with Crippen LogP contribution >= 0.6 is 0 Å². The molecule has 8 rings (SSSR count). The predicted molar refractivity (Wildman–Crippen MR) is 210 cm³/mol. The first-order valence-corrected chi connectivity index (χ1v) is 18.0. The van der Waals surface area contributed by atoms with E-state index in [4.69, 9.17) is 9.47 Å². The molecule has 0 unspecified atom stereocenters. The molecule has 0 spiro atoms. The van der Waals surface area contributed by atoms with Crippen LogP contribution in [0.15, 0.2) is 88.6 Å². The Labute approximate surface area is 321 Å². The molecule has 4 aromatic heterocycles. The monoisotopic (exact) mass is 759 g/mol. The van der Waals surface area contributed by atoms with Gasteiger partial charge in [0.2, 0.25) is 11.8 Å². The minimum Gasteiger partial charge on any atom is -0.481 e. The van der Waals surface area contributed by atoms with Crippen LogP contribution in [0.25, 0.3) is 21.5 Å². The summed E-state index contributed by atoms with van der Waals surface area (Å²) in [6.07, 6.45) is 1.68. The number of rotatable bonds is 6. The van der Waals surface area contributed by atoms with Crippen molar-refractivity contribution >= 4 is 44.9 Å². The number of piperazine rings is 2. The Morgan fingerprint density at radius 3 is 1.57 bits per heavy atom. The Balaban J connectivity index is 0.000000172. The van der Waals surface area contributed by atoms with Crippen LogP contribution in [0.2, 0.25) is 0 Å². The van der Waals surface area contributed by atoms with Gasteiger partial charge >= 0.3 is 0 Å². The lowest BCUT2D eigenvalue weighted by Crippen LogP contribution is -2.49. The highest BCUT2D eigenvalue weighted by atomic mass is 16.5. The molecule has 288 valence electrons. The van der Waals surface area contributed by atoms with Crippen LogP contribution in [-0.2, 0) is 14.1 Å². The molecule has 0 aliphatic carbocycles. The van der Waals surface area contributed by atoms with Gasteiger partial charge in [0.15, 0.2) is 11.4 Å². The van der Waals surface area contributed by atoms with E-state index in [1.165, 1.54) is 9.36 Å². The summed E-state index contributed by atoms with van der Waals surface area (Å²) in [5, 5.41) is 18.5. The fourth-order valence-electron chi connectivity index (χ4n) is 6.83. The molecule has 2 aromatic carbocycles. The van der Waals surface area contributed by atoms with E-state index >= 15 is 0 Å². The highest BCUT2D eigenvalue weighted by Gasteiger charge is 2.28. The summed E-state index contributed by atoms with van der Waals surface area (Å²) < 4.78 is 12.8. The van der Waals surface area contributed by atoms with Gasteiger partial charge in [-0.25, -0.2) is 9.36 Å². The number of carbonyl (C=O) groups excluding carboxylic acids is 2. The summed E-state index contributed by atoms with van der Waals surface area (Å²) >= 11 is 0. The average Bonchev–Trinajstić information content (AvgIpc) is 3.26. The van der Waals surface area contributed by atoms with Crippen LogP contribution in [0.4, 0.5) is 11.5 Å². The highest BCUT2D eigenvalue weighted by Crippen LogP contribution is 2.22. The van der Waals surface area contributed by atoms with Gasteiger partial charge in [-0.15, -0.1) is 5.10 Å². The maximum atomic E-state index is 13.1. The second-order valence-electron chi connectivity index (χ2n) is 13.2. The van der Waals surface area contributed by atoms with Gasteiger partial charge in [-0.05, 0) is 18.2 Å². The van der Waals surface area contributed by atoms with Crippen LogP contribution in [0.3, 0.4) is 0 Å². The second-order valence-corrected chi connectivity index (χ2v) is 13.2. The fraction of sp³-hybridized carbons (Fsp3) is 0.308. The topological polar surface area (TPSA) is 174 Å². The molecule has 2 amide bonds. The number of pyridine rings is 1. The molecule has 17 nitrogen and oxygen atoms in total. The molecule has 2 fully saturated rings. The molecule has 0 atom stereocenters. The third-order valence-corrected chi connectivity index (χ3v) is 9.89. The smallest absolute Gasteiger partial charge is 0.275 e. The first-order valence-electron chi connectivity index (χ1n) is 18.0. The molecule has 0 bridgehead atoms. The number of hydrogen-bond donors (Lipinski definition) is 0. The van der Waals surface area contributed by atoms with Crippen LogP contribution in [-0.4, -0.2) is 123 Å². The first-order chi connectivity index (χ1) is 27.2. The molecule has 2 aliphatic heterocycles. The van der Waals surface area contributed by atoms with E-state index in [1.807, 2.05) is 30.3 Å². The van der Waals surface area contributed by atoms with Crippen molar-refractivity contribution in [3.05, 3.63) is 111 Å². The molecular formula is C39H41N11O6. The van der Waals surface area contributed by atoms with E-state index in [0.717, 1.165) is 11.5 Å². The molecule has 56 heavy (non-hydrogen) atoms. The van der Waals surface area contributed by atoms with Crippen LogP contribution < -0.4 is 30.4 Å². The molecule has 0 saturated carbocycles. The zero-order chi connectivity index (χ0) is 39.3. The lowest BCUT2D eigenvalue weighted by atomic mass is 10.1. The standard InChI is InChI=1S/C20H21N5O3.C19H20N6O3/c1-23-19(26)15-7-4-3-6-14(15)18(22-23)20(27)25-12-10-24(11-13-25)16-8-5-9-17(21-16)28-2;1-23-18(26)15-6-4-3-5-14(15)17(22-23)19(27)25-9-7-24(8-10-25)13-11-16(28-2)21-20-12-13/h3-9H,10-13H2,1-2H3;3-6,11-12H,7-10H2,1-2H3. The van der Waals surface area contributed by atoms with Crippen molar-refractivity contribution in [1.29, 1.82) is 0 Å². The average molecular weight is 760 g/mol. The van der Waals surface area contributed by atoms with E-state index in [9.17, 15) is 19.2 Å². The normalized spacial score (nSPS) is 14.4. The zero-order valence-corrected chi connectivity index (χ0v) is 31.5. The van der Waals surface area contributed by atoms with Crippen LogP contribution in [0, 0.1) is 0 Å². The van der Waals surface area contributed by atoms with Gasteiger partial charge in [-0.1, -0.05) is 42.5 Å². The third kappa shape index (κ3) is 7.55. The Morgan fingerprint density at radius 1 is 0.589 bits per heavy atom. The number of amides is 2. The molecule has 2 saturated heterocycles. The van der Waals surface area contributed by atoms with E-state index in [1.54, 1.807) is 86.8 Å². The van der Waals surface area contributed by atoms with Crippen molar-refractivity contribution in [1.82, 2.24) is 44.5 Å². The van der Waals surface area contributed by atoms with Gasteiger partial charge in [-0.2, -0.15) is 20.3 Å². The van der Waals surface area contributed by atoms with Crippen molar-refractivity contribution in [3.63, 3.8) is 0 Å². The first kappa shape index (κ1) is 37.4. The fourth-order valence-corrected chi connectivity index (χ4v) is 6.83. The lowest BCUT2D eigenvalue weighted by molar-refractivity contribution is 0.0733. The number of carbonyl (C=O) groups is 2. The number of fused-ring (bicyclic) bond motifs is 2. The largest absolute Gasteiger partial charge is 0.481 e. The summed E-state index contributed by atoms with van der Waals surface area (Å²) in [7, 11) is 6.27. The number of aryl methyl sites for hydroxylation is 2. The number of hydrogen-bond acceptors (Lipinski definition) is 13. The summed E-state index contributed by atoms with van der Waals surface area (Å²) in [5.41, 5.74) is 1.10. The molecular weight excluding hydrogens is 718 g/mol. The molecule has 0 radical (unpaired) electrons. The van der Waals surface area contributed by atoms with Gasteiger partial charge in [0.1, 0.15) is 5.82 Å². The SMILES string of the molecule is COc1cc(N2CCN(C(=O)c3nn(C)c(=O)c4ccccc34)CC2)cnn1.COc1cccc(N2CCN(C(=O)c3nn(C)c(=O)c4ccccc34)CC2)n1. The second kappa shape index (κ2) is 16.2. The van der Waals surface area contributed by atoms with Crippen molar-refractivity contribution in [2.45, 2.75) is 0 Å². The summed E-state index contributed by atoms with van der Waals surface area (Å²) in [6.45, 7) is 4.83. The van der Waals surface area contributed by atoms with Gasteiger partial charge in [-0.3, -0.25) is 19.2 Å². The van der Waals surface area contributed by atoms with E-state index < -0.39 is 0 Å². The van der Waals surface area contributed by atoms with E-state index in [-0.39, 0.29) is 22.9 Å². The van der Waals surface area contributed by atoms with Crippen molar-refractivity contribution < 1.29 is 19.1 Å². The van der Waals surface area contributed by atoms with Crippen LogP contribution in [0.1, 0.15) is 21.0 Å². The number of nitrogens with zero attached hydrogens (tertiary/aromatic N) is 11. The molecule has 6 heterocycles. The summed E-state index contributed by atoms with van der Waals surface area (Å²) in [4.78, 5) is 63.0. The van der Waals surface area contributed by atoms with Crippen molar-refractivity contribution in [3.8, 4) is 11.8 Å². The predicted octanol–water partition coefficient (Wildman–Crippen LogP) is 1.99. The van der Waals surface area contributed by atoms with Gasteiger partial charge in [0.25, 0.3) is 22.9 Å². The summed E-state index contributed by atoms with van der Waals surface area (Å²) in [5.74, 6) is 1.52. The van der Waals surface area contributed by atoms with Gasteiger partial charge in [0, 0.05) is 89.4 Å². The Bertz CT molecular complexity index is 2350. The summed E-state index contributed by atoms with van der Waals surface area (Å²) in [6, 6.07) is 21.6. The minimum absolute atomic E-state index is 0.162.